The zero-order valence-corrected chi connectivity index (χ0v) is 14.5. The molecule has 0 aliphatic heterocycles. The number of aryl methyl sites for hydroxylation is 1. The SMILES string of the molecule is Cn1cnc(S(=O)(=O)NCc2ccccc2Cn2cccn2)c1Cl. The highest BCUT2D eigenvalue weighted by Gasteiger charge is 2.22. The van der Waals surface area contributed by atoms with Crippen LogP contribution in [0.5, 0.6) is 0 Å². The van der Waals surface area contributed by atoms with E-state index in [9.17, 15) is 8.42 Å². The smallest absolute Gasteiger partial charge is 0.261 e. The maximum Gasteiger partial charge on any atom is 0.261 e. The van der Waals surface area contributed by atoms with Crippen molar-refractivity contribution in [3.8, 4) is 0 Å². The van der Waals surface area contributed by atoms with E-state index in [1.807, 2.05) is 36.5 Å². The monoisotopic (exact) mass is 365 g/mol. The summed E-state index contributed by atoms with van der Waals surface area (Å²) in [6.45, 7) is 0.710. The molecule has 24 heavy (non-hydrogen) atoms. The van der Waals surface area contributed by atoms with Gasteiger partial charge in [-0.2, -0.15) is 5.10 Å². The molecule has 7 nitrogen and oxygen atoms in total. The summed E-state index contributed by atoms with van der Waals surface area (Å²) in [4.78, 5) is 3.85. The van der Waals surface area contributed by atoms with Crippen molar-refractivity contribution >= 4 is 21.6 Å². The fourth-order valence-electron chi connectivity index (χ4n) is 2.27. The minimum absolute atomic E-state index is 0.0762. The van der Waals surface area contributed by atoms with Gasteiger partial charge < -0.3 is 4.57 Å². The van der Waals surface area contributed by atoms with E-state index in [0.29, 0.717) is 6.54 Å². The lowest BCUT2D eigenvalue weighted by molar-refractivity contribution is 0.577. The van der Waals surface area contributed by atoms with Crippen LogP contribution in [0.2, 0.25) is 5.15 Å². The lowest BCUT2D eigenvalue weighted by Gasteiger charge is -2.11. The van der Waals surface area contributed by atoms with E-state index in [0.717, 1.165) is 11.1 Å². The number of nitrogens with one attached hydrogen (secondary N) is 1. The van der Waals surface area contributed by atoms with Gasteiger partial charge in [-0.25, -0.2) is 18.1 Å². The molecule has 2 aromatic heterocycles. The van der Waals surface area contributed by atoms with Crippen LogP contribution in [0.15, 0.2) is 54.1 Å². The predicted octanol–water partition coefficient (Wildman–Crippen LogP) is 1.80. The number of rotatable bonds is 6. The molecule has 0 unspecified atom stereocenters. The highest BCUT2D eigenvalue weighted by molar-refractivity contribution is 7.89. The normalized spacial score (nSPS) is 11.8. The average molecular weight is 366 g/mol. The van der Waals surface area contributed by atoms with Crippen LogP contribution in [0, 0.1) is 0 Å². The Hall–Kier alpha value is -2.16. The van der Waals surface area contributed by atoms with Gasteiger partial charge in [0.25, 0.3) is 10.0 Å². The molecule has 0 radical (unpaired) electrons. The molecule has 126 valence electrons. The van der Waals surface area contributed by atoms with Crippen LogP contribution in [0.4, 0.5) is 0 Å². The number of halogens is 1. The second kappa shape index (κ2) is 6.76. The van der Waals surface area contributed by atoms with Crippen LogP contribution in [-0.2, 0) is 30.2 Å². The minimum Gasteiger partial charge on any atom is -0.324 e. The zero-order valence-electron chi connectivity index (χ0n) is 12.9. The van der Waals surface area contributed by atoms with Gasteiger partial charge in [0, 0.05) is 26.0 Å². The Bertz CT molecular complexity index is 935. The van der Waals surface area contributed by atoms with Gasteiger partial charge in [-0.15, -0.1) is 0 Å². The van der Waals surface area contributed by atoms with Crippen molar-refractivity contribution in [2.75, 3.05) is 0 Å². The first kappa shape index (κ1) is 16.7. The van der Waals surface area contributed by atoms with Crippen LogP contribution in [0.25, 0.3) is 0 Å². The molecule has 0 aliphatic carbocycles. The van der Waals surface area contributed by atoms with Crippen molar-refractivity contribution in [2.24, 2.45) is 7.05 Å². The van der Waals surface area contributed by atoms with Gasteiger partial charge in [0.2, 0.25) is 5.03 Å². The van der Waals surface area contributed by atoms with E-state index < -0.39 is 10.0 Å². The quantitative estimate of drug-likeness (QED) is 0.722. The van der Waals surface area contributed by atoms with Crippen molar-refractivity contribution in [1.82, 2.24) is 24.1 Å². The fourth-order valence-corrected chi connectivity index (χ4v) is 3.70. The Kier molecular flexibility index (Phi) is 4.70. The first-order valence-corrected chi connectivity index (χ1v) is 9.04. The highest BCUT2D eigenvalue weighted by Crippen LogP contribution is 2.19. The number of hydrogen-bond donors (Lipinski definition) is 1. The third-order valence-corrected chi connectivity index (χ3v) is 5.44. The van der Waals surface area contributed by atoms with Crippen LogP contribution in [0.3, 0.4) is 0 Å². The molecule has 0 amide bonds. The van der Waals surface area contributed by atoms with E-state index in [2.05, 4.69) is 14.8 Å². The summed E-state index contributed by atoms with van der Waals surface area (Å²) in [5, 5.41) is 4.08. The van der Waals surface area contributed by atoms with Crippen molar-refractivity contribution < 1.29 is 8.42 Å². The van der Waals surface area contributed by atoms with Crippen LogP contribution >= 0.6 is 11.6 Å². The van der Waals surface area contributed by atoms with Gasteiger partial charge >= 0.3 is 0 Å². The predicted molar refractivity (Wildman–Crippen MR) is 90.0 cm³/mol. The van der Waals surface area contributed by atoms with Gasteiger partial charge in [-0.05, 0) is 17.2 Å². The van der Waals surface area contributed by atoms with Crippen molar-refractivity contribution in [3.05, 3.63) is 65.3 Å². The number of aromatic nitrogens is 4. The number of benzene rings is 1. The fraction of sp³-hybridized carbons (Fsp3) is 0.200. The Morgan fingerprint density at radius 3 is 2.58 bits per heavy atom. The van der Waals surface area contributed by atoms with E-state index in [-0.39, 0.29) is 16.7 Å². The maximum absolute atomic E-state index is 12.4. The number of nitrogens with zero attached hydrogens (tertiary/aromatic N) is 4. The third kappa shape index (κ3) is 3.50. The average Bonchev–Trinajstić information content (AvgIpc) is 3.18. The molecular weight excluding hydrogens is 350 g/mol. The first-order valence-electron chi connectivity index (χ1n) is 7.18. The molecule has 0 fully saturated rings. The van der Waals surface area contributed by atoms with Crippen LogP contribution < -0.4 is 4.72 Å². The molecule has 1 N–H and O–H groups in total. The molecule has 0 spiro atoms. The Labute approximate surface area is 145 Å². The van der Waals surface area contributed by atoms with Crippen molar-refractivity contribution in [2.45, 2.75) is 18.1 Å². The molecule has 0 aliphatic rings. The number of sulfonamides is 1. The summed E-state index contributed by atoms with van der Waals surface area (Å²) in [6, 6.07) is 9.44. The lowest BCUT2D eigenvalue weighted by Crippen LogP contribution is -2.24. The van der Waals surface area contributed by atoms with Crippen molar-refractivity contribution in [3.63, 3.8) is 0 Å². The van der Waals surface area contributed by atoms with E-state index >= 15 is 0 Å². The van der Waals surface area contributed by atoms with Gasteiger partial charge in [0.1, 0.15) is 5.15 Å². The molecule has 0 bridgehead atoms. The summed E-state index contributed by atoms with van der Waals surface area (Å²) in [5.41, 5.74) is 1.85. The van der Waals surface area contributed by atoms with Crippen LogP contribution in [0.1, 0.15) is 11.1 Å². The third-order valence-electron chi connectivity index (χ3n) is 3.55. The molecular formula is C15H16ClN5O2S. The Balaban J connectivity index is 1.78. The van der Waals surface area contributed by atoms with Gasteiger partial charge in [0.05, 0.1) is 12.9 Å². The second-order valence-corrected chi connectivity index (χ2v) is 7.29. The Morgan fingerprint density at radius 2 is 1.96 bits per heavy atom. The Morgan fingerprint density at radius 1 is 1.21 bits per heavy atom. The number of hydrogen-bond acceptors (Lipinski definition) is 4. The summed E-state index contributed by atoms with van der Waals surface area (Å²) in [5.74, 6) is 0. The molecule has 3 rings (SSSR count). The van der Waals surface area contributed by atoms with E-state index in [4.69, 9.17) is 11.6 Å². The summed E-state index contributed by atoms with van der Waals surface area (Å²) in [7, 11) is -2.15. The van der Waals surface area contributed by atoms with Crippen molar-refractivity contribution in [1.29, 1.82) is 0 Å². The summed E-state index contributed by atoms with van der Waals surface area (Å²) >= 11 is 5.97. The molecule has 1 aromatic carbocycles. The number of imidazole rings is 1. The largest absolute Gasteiger partial charge is 0.324 e. The zero-order chi connectivity index (χ0) is 17.2. The molecule has 9 heteroatoms. The maximum atomic E-state index is 12.4. The molecule has 3 aromatic rings. The molecule has 0 saturated carbocycles. The molecule has 2 heterocycles. The second-order valence-electron chi connectivity index (χ2n) is 5.25. The van der Waals surface area contributed by atoms with Gasteiger partial charge in [-0.1, -0.05) is 35.9 Å². The lowest BCUT2D eigenvalue weighted by atomic mass is 10.1. The molecule has 0 saturated heterocycles. The topological polar surface area (TPSA) is 81.8 Å². The standard InChI is InChI=1S/C15H16ClN5O2S/c1-20-11-17-15(14(20)16)24(22,23)19-9-12-5-2-3-6-13(12)10-21-8-4-7-18-21/h2-8,11,19H,9-10H2,1H3. The van der Waals surface area contributed by atoms with Crippen LogP contribution in [-0.4, -0.2) is 27.7 Å². The van der Waals surface area contributed by atoms with E-state index in [1.165, 1.54) is 10.9 Å². The minimum atomic E-state index is -3.78. The summed E-state index contributed by atoms with van der Waals surface area (Å²) < 4.78 is 30.5. The molecule has 0 atom stereocenters. The highest BCUT2D eigenvalue weighted by atomic mass is 35.5. The summed E-state index contributed by atoms with van der Waals surface area (Å²) in [6.07, 6.45) is 4.92. The van der Waals surface area contributed by atoms with Gasteiger partial charge in [-0.3, -0.25) is 4.68 Å². The first-order chi connectivity index (χ1) is 11.5. The van der Waals surface area contributed by atoms with E-state index in [1.54, 1.807) is 17.9 Å². The van der Waals surface area contributed by atoms with Gasteiger partial charge in [0.15, 0.2) is 0 Å².